The van der Waals surface area contributed by atoms with Crippen molar-refractivity contribution < 1.29 is 51.1 Å². The van der Waals surface area contributed by atoms with E-state index in [-0.39, 0.29) is 34.1 Å². The van der Waals surface area contributed by atoms with Crippen LogP contribution in [0.5, 0.6) is 0 Å². The van der Waals surface area contributed by atoms with Gasteiger partial charge in [-0.2, -0.15) is 4.98 Å². The largest absolute Gasteiger partial charge is 0.472 e. The molecule has 3 unspecified atom stereocenters. The summed E-state index contributed by atoms with van der Waals surface area (Å²) in [5.41, 5.74) is 10.9. The van der Waals surface area contributed by atoms with E-state index >= 15 is 4.39 Å². The molecule has 0 saturated carbocycles. The third-order valence-electron chi connectivity index (χ3n) is 7.70. The van der Waals surface area contributed by atoms with Gasteiger partial charge in [-0.1, -0.05) is 0 Å². The lowest BCUT2D eigenvalue weighted by Gasteiger charge is -2.28. The van der Waals surface area contributed by atoms with Crippen molar-refractivity contribution in [2.24, 2.45) is 5.92 Å². The van der Waals surface area contributed by atoms with Gasteiger partial charge >= 0.3 is 7.82 Å². The normalized spacial score (nSPS) is 37.1. The maximum atomic E-state index is 16.0. The van der Waals surface area contributed by atoms with E-state index in [1.807, 2.05) is 0 Å². The highest BCUT2D eigenvalue weighted by Crippen LogP contribution is 2.54. The lowest BCUT2D eigenvalue weighted by Crippen LogP contribution is -2.34. The minimum absolute atomic E-state index is 0.0138. The van der Waals surface area contributed by atoms with Crippen LogP contribution in [0, 0.1) is 5.92 Å². The predicted molar refractivity (Wildman–Crippen MR) is 150 cm³/mol. The number of H-pyrrole nitrogens is 1. The molecule has 4 aromatic rings. The van der Waals surface area contributed by atoms with Crippen molar-refractivity contribution >= 4 is 57.0 Å². The third kappa shape index (κ3) is 5.41. The van der Waals surface area contributed by atoms with Gasteiger partial charge in [0.05, 0.1) is 38.6 Å². The van der Waals surface area contributed by atoms with Gasteiger partial charge in [0, 0.05) is 5.92 Å². The van der Waals surface area contributed by atoms with Crippen LogP contribution in [0.3, 0.4) is 0 Å². The zero-order valence-corrected chi connectivity index (χ0v) is 25.0. The zero-order chi connectivity index (χ0) is 32.5. The number of nitrogens with zero attached hydrogens (tertiary/aromatic N) is 7. The smallest absolute Gasteiger partial charge is 0.396 e. The Morgan fingerprint density at radius 3 is 2.43 bits per heavy atom. The van der Waals surface area contributed by atoms with Crippen LogP contribution >= 0.6 is 15.3 Å². The Balaban J connectivity index is 1.22. The number of hydrogen-bond donors (Lipinski definition) is 5. The monoisotopic (exact) mass is 684 g/mol. The van der Waals surface area contributed by atoms with Crippen molar-refractivity contribution in [3.05, 3.63) is 29.3 Å². The SMILES string of the molecule is [B][P@]1(=O)OC[C@H]2OC(n3cnc4c(N)ncnc43)[C@@H](F)[C@H]2OP(=O)(O)OCC2O[C@@H](n3cnc4c(=O)[nH]c(N)nc43)[C@@H](O1)[C@H]2CO. The molecule has 3 fully saturated rings. The van der Waals surface area contributed by atoms with Crippen molar-refractivity contribution in [3.8, 4) is 0 Å². The number of aromatic amines is 1. The minimum Gasteiger partial charge on any atom is -0.396 e. The van der Waals surface area contributed by atoms with Gasteiger partial charge in [0.25, 0.3) is 13.0 Å². The Kier molecular flexibility index (Phi) is 7.75. The number of hydrogen-bond acceptors (Lipinski definition) is 17. The van der Waals surface area contributed by atoms with Gasteiger partial charge in [-0.15, -0.1) is 0 Å². The summed E-state index contributed by atoms with van der Waals surface area (Å²) in [7, 11) is -3.76. The fourth-order valence-corrected chi connectivity index (χ4v) is 7.58. The van der Waals surface area contributed by atoms with Gasteiger partial charge in [0.2, 0.25) is 13.5 Å². The standard InChI is InChI=1S/C21H24BFN10O11P2/c22-45(36)39-3-9-14(10(23)19(42-9)32-5-28-11-15(24)26-4-27-16(11)32)44-46(37,38)40-2-8-7(1-34)13(43-45)20(41-8)33-6-29-12-17(33)30-21(25)31-18(12)35/h4-10,13-14,19-20,34H,1-3H2,(H,37,38)(H2,24,26,27)(H3,25,30,31,35)/t7-,8?,9+,10-,13-,14-,19?,20+,45-/m0/s1. The molecule has 3 aliphatic rings. The van der Waals surface area contributed by atoms with Crippen molar-refractivity contribution in [1.29, 1.82) is 0 Å². The number of alkyl halides is 1. The highest BCUT2D eigenvalue weighted by Gasteiger charge is 2.54. The van der Waals surface area contributed by atoms with Gasteiger partial charge in [-0.3, -0.25) is 32.5 Å². The number of aliphatic hydroxyl groups is 1. The predicted octanol–water partition coefficient (Wildman–Crippen LogP) is -0.940. The summed E-state index contributed by atoms with van der Waals surface area (Å²) in [4.78, 5) is 45.3. The van der Waals surface area contributed by atoms with Crippen LogP contribution in [0.15, 0.2) is 23.8 Å². The second-order valence-electron chi connectivity index (χ2n) is 10.5. The molecule has 0 aliphatic carbocycles. The molecular formula is C21H24BFN10O11P2. The highest BCUT2D eigenvalue weighted by atomic mass is 31.2. The molecule has 4 aromatic heterocycles. The molecule has 21 nitrogen and oxygen atoms in total. The molecular weight excluding hydrogens is 660 g/mol. The quantitative estimate of drug-likeness (QED) is 0.128. The Bertz CT molecular complexity index is 1960. The second kappa shape index (κ2) is 11.4. The molecule has 46 heavy (non-hydrogen) atoms. The number of nitrogens with two attached hydrogens (primary N) is 2. The van der Waals surface area contributed by atoms with E-state index in [1.165, 1.54) is 15.5 Å². The lowest BCUT2D eigenvalue weighted by atomic mass is 9.99. The number of nitrogens with one attached hydrogen (secondary N) is 1. The topological polar surface area (TPSA) is 289 Å². The number of halogens is 1. The average molecular weight is 684 g/mol. The molecule has 7 N–H and O–H groups in total. The number of nitrogen functional groups attached to an aromatic ring is 2. The molecule has 0 aromatic carbocycles. The highest BCUT2D eigenvalue weighted by molar-refractivity contribution is 7.79. The Morgan fingerprint density at radius 1 is 0.978 bits per heavy atom. The number of phosphoric acid groups is 1. The molecule has 0 spiro atoms. The molecule has 2 radical (unpaired) electrons. The van der Waals surface area contributed by atoms with E-state index in [0.29, 0.717) is 0 Å². The number of phosphoric ester groups is 1. The van der Waals surface area contributed by atoms with Crippen LogP contribution in [-0.4, -0.2) is 107 Å². The van der Waals surface area contributed by atoms with Crippen LogP contribution in [0.1, 0.15) is 12.5 Å². The third-order valence-corrected chi connectivity index (χ3v) is 9.73. The van der Waals surface area contributed by atoms with E-state index < -0.39 is 89.6 Å². The second-order valence-corrected chi connectivity index (χ2v) is 13.5. The molecule has 3 saturated heterocycles. The maximum absolute atomic E-state index is 16.0. The van der Waals surface area contributed by atoms with Crippen molar-refractivity contribution in [2.45, 2.75) is 43.0 Å². The molecule has 244 valence electrons. The minimum atomic E-state index is -5.09. The van der Waals surface area contributed by atoms with Crippen LogP contribution in [-0.2, 0) is 36.7 Å². The number of ether oxygens (including phenoxy) is 2. The van der Waals surface area contributed by atoms with E-state index in [9.17, 15) is 23.9 Å². The van der Waals surface area contributed by atoms with Crippen molar-refractivity contribution in [1.82, 2.24) is 39.0 Å². The first-order valence-corrected chi connectivity index (χ1v) is 16.5. The summed E-state index contributed by atoms with van der Waals surface area (Å²) in [5.74, 6) is -1.35. The number of anilines is 2. The van der Waals surface area contributed by atoms with Crippen molar-refractivity contribution in [3.63, 3.8) is 0 Å². The Labute approximate surface area is 256 Å². The van der Waals surface area contributed by atoms with Crippen LogP contribution < -0.4 is 17.0 Å². The van der Waals surface area contributed by atoms with E-state index in [2.05, 4.69) is 29.9 Å². The average Bonchev–Trinajstić information content (AvgIpc) is 3.75. The molecule has 10 atom stereocenters. The number of imidazole rings is 2. The fourth-order valence-electron chi connectivity index (χ4n) is 5.61. The Morgan fingerprint density at radius 2 is 1.67 bits per heavy atom. The Hall–Kier alpha value is -3.37. The number of rotatable bonds is 3. The molecule has 7 heterocycles. The number of aliphatic hydroxyl groups excluding tert-OH is 1. The summed E-state index contributed by atoms with van der Waals surface area (Å²) in [6.07, 6.45) is -7.55. The molecule has 3 aliphatic heterocycles. The number of fused-ring (bicyclic) bond motifs is 5. The summed E-state index contributed by atoms with van der Waals surface area (Å²) in [6.45, 7) is -2.18. The van der Waals surface area contributed by atoms with E-state index in [0.717, 1.165) is 12.7 Å². The molecule has 25 heteroatoms. The maximum Gasteiger partial charge on any atom is 0.472 e. The summed E-state index contributed by atoms with van der Waals surface area (Å²) < 4.78 is 78.3. The van der Waals surface area contributed by atoms with Gasteiger partial charge in [0.1, 0.15) is 30.2 Å². The summed E-state index contributed by atoms with van der Waals surface area (Å²) >= 11 is 0. The van der Waals surface area contributed by atoms with Crippen LogP contribution in [0.2, 0.25) is 0 Å². The van der Waals surface area contributed by atoms with Gasteiger partial charge in [0.15, 0.2) is 41.3 Å². The first kappa shape index (κ1) is 31.2. The molecule has 7 rings (SSSR count). The fraction of sp³-hybridized carbons (Fsp3) is 0.524. The van der Waals surface area contributed by atoms with E-state index in [4.69, 9.17) is 46.6 Å². The first-order valence-electron chi connectivity index (χ1n) is 13.4. The molecule has 2 bridgehead atoms. The summed E-state index contributed by atoms with van der Waals surface area (Å²) in [5, 5.41) is 10.3. The van der Waals surface area contributed by atoms with Crippen LogP contribution in [0.25, 0.3) is 22.3 Å². The van der Waals surface area contributed by atoms with Crippen LogP contribution in [0.4, 0.5) is 16.2 Å². The van der Waals surface area contributed by atoms with Gasteiger partial charge in [-0.25, -0.2) is 28.9 Å². The lowest BCUT2D eigenvalue weighted by molar-refractivity contribution is -0.0613. The number of aromatic nitrogens is 8. The molecule has 0 amide bonds. The first-order chi connectivity index (χ1) is 21.9. The van der Waals surface area contributed by atoms with Gasteiger partial charge < -0.3 is 40.0 Å². The van der Waals surface area contributed by atoms with Crippen molar-refractivity contribution in [2.75, 3.05) is 31.3 Å². The zero-order valence-electron chi connectivity index (χ0n) is 23.2. The van der Waals surface area contributed by atoms with E-state index in [1.54, 1.807) is 0 Å². The van der Waals surface area contributed by atoms with Gasteiger partial charge in [-0.05, 0) is 0 Å². The summed E-state index contributed by atoms with van der Waals surface area (Å²) in [6, 6.07) is 0.